The molecule has 2 rings (SSSR count). The molecule has 0 fully saturated rings. The molecule has 3 nitrogen and oxygen atoms in total. The molecule has 0 saturated carbocycles. The Labute approximate surface area is 117 Å². The minimum Gasteiger partial charge on any atom is -0.478 e. The van der Waals surface area contributed by atoms with Crippen LogP contribution in [0.15, 0.2) is 48.5 Å². The number of anilines is 1. The van der Waals surface area contributed by atoms with Crippen molar-refractivity contribution in [2.24, 2.45) is 0 Å². The summed E-state index contributed by atoms with van der Waals surface area (Å²) in [6, 6.07) is 14.7. The van der Waals surface area contributed by atoms with E-state index >= 15 is 0 Å². The molecule has 0 spiro atoms. The molecular weight excluding hydrogens is 262 g/mol. The highest BCUT2D eigenvalue weighted by atomic mass is 35.5. The number of nitrogens with zero attached hydrogens (tertiary/aromatic N) is 1. The third-order valence-corrected chi connectivity index (χ3v) is 3.26. The van der Waals surface area contributed by atoms with Crippen LogP contribution in [0, 0.1) is 0 Å². The summed E-state index contributed by atoms with van der Waals surface area (Å²) in [6.07, 6.45) is 0. The van der Waals surface area contributed by atoms with Crippen LogP contribution >= 0.6 is 11.6 Å². The van der Waals surface area contributed by atoms with Gasteiger partial charge < -0.3 is 10.0 Å². The predicted molar refractivity (Wildman–Crippen MR) is 77.0 cm³/mol. The minimum atomic E-state index is -0.968. The molecule has 19 heavy (non-hydrogen) atoms. The van der Waals surface area contributed by atoms with Gasteiger partial charge in [-0.3, -0.25) is 0 Å². The first-order valence-electron chi connectivity index (χ1n) is 5.86. The molecule has 0 bridgehead atoms. The third-order valence-electron chi connectivity index (χ3n) is 2.90. The van der Waals surface area contributed by atoms with Crippen molar-refractivity contribution in [3.8, 4) is 0 Å². The average Bonchev–Trinajstić information content (AvgIpc) is 2.41. The van der Waals surface area contributed by atoms with Gasteiger partial charge in [-0.15, -0.1) is 0 Å². The van der Waals surface area contributed by atoms with E-state index in [-0.39, 0.29) is 5.56 Å². The number of rotatable bonds is 4. The number of carboxylic acids is 1. The van der Waals surface area contributed by atoms with Gasteiger partial charge in [0.25, 0.3) is 0 Å². The summed E-state index contributed by atoms with van der Waals surface area (Å²) < 4.78 is 0. The fourth-order valence-corrected chi connectivity index (χ4v) is 2.08. The Balaban J connectivity index is 2.18. The second-order valence-electron chi connectivity index (χ2n) is 4.30. The molecule has 4 heteroatoms. The zero-order chi connectivity index (χ0) is 13.8. The first-order valence-corrected chi connectivity index (χ1v) is 6.23. The summed E-state index contributed by atoms with van der Waals surface area (Å²) in [5, 5.41) is 9.37. The maximum absolute atomic E-state index is 10.8. The largest absolute Gasteiger partial charge is 0.478 e. The van der Waals surface area contributed by atoms with E-state index in [2.05, 4.69) is 4.90 Å². The van der Waals surface area contributed by atoms with E-state index in [1.165, 1.54) is 6.07 Å². The lowest BCUT2D eigenvalue weighted by Crippen LogP contribution is -2.16. The Bertz CT molecular complexity index is 584. The molecular formula is C15H14ClNO2. The molecule has 2 aromatic carbocycles. The number of carbonyl (C=O) groups is 1. The first kappa shape index (κ1) is 13.4. The molecule has 0 aliphatic heterocycles. The second kappa shape index (κ2) is 5.76. The molecule has 0 aliphatic rings. The molecule has 0 aliphatic carbocycles. The smallest absolute Gasteiger partial charge is 0.335 e. The lowest BCUT2D eigenvalue weighted by Gasteiger charge is -2.20. The zero-order valence-corrected chi connectivity index (χ0v) is 11.3. The quantitative estimate of drug-likeness (QED) is 0.925. The van der Waals surface area contributed by atoms with E-state index in [9.17, 15) is 4.79 Å². The molecule has 0 atom stereocenters. The van der Waals surface area contributed by atoms with Crippen LogP contribution in [0.5, 0.6) is 0 Å². The number of hydrogen-bond donors (Lipinski definition) is 1. The van der Waals surface area contributed by atoms with E-state index in [1.807, 2.05) is 37.4 Å². The van der Waals surface area contributed by atoms with Gasteiger partial charge in [-0.1, -0.05) is 35.9 Å². The van der Waals surface area contributed by atoms with E-state index in [1.54, 1.807) is 12.1 Å². The highest BCUT2D eigenvalue weighted by molar-refractivity contribution is 6.31. The standard InChI is InChI=1S/C15H14ClNO2/c1-17(13-5-3-2-4-6-13)10-12-8-7-11(15(18)19)9-14(12)16/h2-9H,10H2,1H3,(H,18,19). The van der Waals surface area contributed by atoms with Crippen molar-refractivity contribution in [3.63, 3.8) is 0 Å². The van der Waals surface area contributed by atoms with Crippen LogP contribution in [0.3, 0.4) is 0 Å². The van der Waals surface area contributed by atoms with Gasteiger partial charge in [0.05, 0.1) is 5.56 Å². The van der Waals surface area contributed by atoms with E-state index in [0.29, 0.717) is 11.6 Å². The van der Waals surface area contributed by atoms with Crippen molar-refractivity contribution in [2.45, 2.75) is 6.54 Å². The Morgan fingerprint density at radius 2 is 1.89 bits per heavy atom. The number of benzene rings is 2. The number of carboxylic acid groups (broad SMARTS) is 1. The lowest BCUT2D eigenvalue weighted by atomic mass is 10.1. The summed E-state index contributed by atoms with van der Waals surface area (Å²) >= 11 is 6.12. The molecule has 0 unspecified atom stereocenters. The molecule has 2 aromatic rings. The Morgan fingerprint density at radius 3 is 2.47 bits per heavy atom. The second-order valence-corrected chi connectivity index (χ2v) is 4.71. The van der Waals surface area contributed by atoms with Gasteiger partial charge in [0.2, 0.25) is 0 Å². The van der Waals surface area contributed by atoms with Crippen molar-refractivity contribution in [1.29, 1.82) is 0 Å². The van der Waals surface area contributed by atoms with Gasteiger partial charge >= 0.3 is 5.97 Å². The van der Waals surface area contributed by atoms with Crippen molar-refractivity contribution in [1.82, 2.24) is 0 Å². The molecule has 0 radical (unpaired) electrons. The van der Waals surface area contributed by atoms with Crippen molar-refractivity contribution >= 4 is 23.3 Å². The highest BCUT2D eigenvalue weighted by Gasteiger charge is 2.09. The number of hydrogen-bond acceptors (Lipinski definition) is 2. The molecule has 98 valence electrons. The van der Waals surface area contributed by atoms with Crippen LogP contribution in [-0.2, 0) is 6.54 Å². The summed E-state index contributed by atoms with van der Waals surface area (Å²) in [4.78, 5) is 12.9. The lowest BCUT2D eigenvalue weighted by molar-refractivity contribution is 0.0697. The molecule has 0 amide bonds. The minimum absolute atomic E-state index is 0.205. The summed E-state index contributed by atoms with van der Waals surface area (Å²) in [7, 11) is 1.97. The van der Waals surface area contributed by atoms with Gasteiger partial charge in [-0.25, -0.2) is 4.79 Å². The maximum atomic E-state index is 10.8. The van der Waals surface area contributed by atoms with E-state index in [4.69, 9.17) is 16.7 Å². The van der Waals surface area contributed by atoms with Crippen LogP contribution in [0.1, 0.15) is 15.9 Å². The van der Waals surface area contributed by atoms with Gasteiger partial charge in [0.15, 0.2) is 0 Å². The summed E-state index contributed by atoms with van der Waals surface area (Å²) in [5.41, 5.74) is 2.19. The SMILES string of the molecule is CN(Cc1ccc(C(=O)O)cc1Cl)c1ccccc1. The van der Waals surface area contributed by atoms with Gasteiger partial charge in [-0.05, 0) is 29.8 Å². The van der Waals surface area contributed by atoms with Crippen molar-refractivity contribution < 1.29 is 9.90 Å². The van der Waals surface area contributed by atoms with E-state index in [0.717, 1.165) is 11.3 Å². The van der Waals surface area contributed by atoms with Crippen LogP contribution in [-0.4, -0.2) is 18.1 Å². The fourth-order valence-electron chi connectivity index (χ4n) is 1.84. The van der Waals surface area contributed by atoms with Crippen LogP contribution < -0.4 is 4.90 Å². The normalized spacial score (nSPS) is 10.2. The first-order chi connectivity index (χ1) is 9.08. The number of halogens is 1. The van der Waals surface area contributed by atoms with Crippen molar-refractivity contribution in [3.05, 3.63) is 64.7 Å². The van der Waals surface area contributed by atoms with Crippen LogP contribution in [0.2, 0.25) is 5.02 Å². The van der Waals surface area contributed by atoms with Gasteiger partial charge in [-0.2, -0.15) is 0 Å². The van der Waals surface area contributed by atoms with Crippen molar-refractivity contribution in [2.75, 3.05) is 11.9 Å². The molecule has 1 N–H and O–H groups in total. The van der Waals surface area contributed by atoms with Crippen LogP contribution in [0.25, 0.3) is 0 Å². The highest BCUT2D eigenvalue weighted by Crippen LogP contribution is 2.22. The Hall–Kier alpha value is -2.00. The fraction of sp³-hybridized carbons (Fsp3) is 0.133. The summed E-state index contributed by atoms with van der Waals surface area (Å²) in [6.45, 7) is 0.628. The van der Waals surface area contributed by atoms with E-state index < -0.39 is 5.97 Å². The predicted octanol–water partition coefficient (Wildman–Crippen LogP) is 3.67. The Kier molecular flexibility index (Phi) is 4.07. The Morgan fingerprint density at radius 1 is 1.21 bits per heavy atom. The van der Waals surface area contributed by atoms with Gasteiger partial charge in [0.1, 0.15) is 0 Å². The monoisotopic (exact) mass is 275 g/mol. The topological polar surface area (TPSA) is 40.5 Å². The average molecular weight is 276 g/mol. The van der Waals surface area contributed by atoms with Gasteiger partial charge in [0, 0.05) is 24.3 Å². The van der Waals surface area contributed by atoms with Crippen LogP contribution in [0.4, 0.5) is 5.69 Å². The molecule has 0 heterocycles. The zero-order valence-electron chi connectivity index (χ0n) is 10.5. The maximum Gasteiger partial charge on any atom is 0.335 e. The molecule has 0 saturated heterocycles. The number of aromatic carboxylic acids is 1. The summed E-state index contributed by atoms with van der Waals surface area (Å²) in [5.74, 6) is -0.968. The number of para-hydroxylation sites is 1. The third kappa shape index (κ3) is 3.26. The molecule has 0 aromatic heterocycles.